The van der Waals surface area contributed by atoms with Gasteiger partial charge in [-0.2, -0.15) is 0 Å². The normalized spacial score (nSPS) is 10.7. The molecule has 0 fully saturated rings. The van der Waals surface area contributed by atoms with E-state index in [1.165, 1.54) is 6.33 Å². The molecule has 0 saturated carbocycles. The minimum atomic E-state index is -0.342. The average molecular weight is 397 g/mol. The Morgan fingerprint density at radius 3 is 2.76 bits per heavy atom. The van der Waals surface area contributed by atoms with Crippen LogP contribution in [0, 0.1) is 6.92 Å². The van der Waals surface area contributed by atoms with Crippen LogP contribution in [0.15, 0.2) is 36.7 Å². The number of hydrogen-bond donors (Lipinski definition) is 1. The minimum Gasteiger partial charge on any atom is -0.467 e. The highest BCUT2D eigenvalue weighted by Crippen LogP contribution is 2.30. The molecule has 0 bridgehead atoms. The van der Waals surface area contributed by atoms with E-state index in [9.17, 15) is 4.79 Å². The zero-order valence-corrected chi connectivity index (χ0v) is 15.3. The second-order valence-electron chi connectivity index (χ2n) is 5.21. The fraction of sp³-hybridized carbons (Fsp3) is 0.118. The molecule has 0 spiro atoms. The van der Waals surface area contributed by atoms with Gasteiger partial charge in [0.1, 0.15) is 6.33 Å². The van der Waals surface area contributed by atoms with Crippen molar-refractivity contribution in [1.82, 2.24) is 9.97 Å². The quantitative estimate of drug-likeness (QED) is 0.680. The van der Waals surface area contributed by atoms with Crippen molar-refractivity contribution in [3.05, 3.63) is 57.3 Å². The third-order valence-electron chi connectivity index (χ3n) is 3.50. The highest BCUT2D eigenvalue weighted by Gasteiger charge is 2.12. The van der Waals surface area contributed by atoms with Crippen molar-refractivity contribution in [3.8, 4) is 5.88 Å². The third kappa shape index (κ3) is 3.95. The lowest BCUT2D eigenvalue weighted by atomic mass is 10.2. The summed E-state index contributed by atoms with van der Waals surface area (Å²) in [4.78, 5) is 20.3. The molecule has 2 aromatic carbocycles. The van der Waals surface area contributed by atoms with Crippen LogP contribution in [-0.4, -0.2) is 22.5 Å². The second-order valence-corrected chi connectivity index (χ2v) is 6.46. The van der Waals surface area contributed by atoms with Gasteiger partial charge in [-0.25, -0.2) is 9.97 Å². The first kappa shape index (κ1) is 17.7. The molecule has 128 valence electrons. The monoisotopic (exact) mass is 395 g/mol. The smallest absolute Gasteiger partial charge is 0.262 e. The zero-order chi connectivity index (χ0) is 18.0. The number of halogens is 3. The largest absolute Gasteiger partial charge is 0.467 e. The van der Waals surface area contributed by atoms with E-state index in [-0.39, 0.29) is 18.4 Å². The summed E-state index contributed by atoms with van der Waals surface area (Å²) in [5.74, 6) is -0.113. The minimum absolute atomic E-state index is 0.229. The number of rotatable bonds is 4. The van der Waals surface area contributed by atoms with Crippen LogP contribution < -0.4 is 10.1 Å². The molecule has 0 aliphatic carbocycles. The molecule has 0 aliphatic rings. The predicted molar refractivity (Wildman–Crippen MR) is 99.9 cm³/mol. The van der Waals surface area contributed by atoms with Crippen molar-refractivity contribution in [2.75, 3.05) is 11.9 Å². The van der Waals surface area contributed by atoms with Gasteiger partial charge in [-0.1, -0.05) is 40.9 Å². The topological polar surface area (TPSA) is 64.1 Å². The average Bonchev–Trinajstić information content (AvgIpc) is 2.57. The number of benzene rings is 2. The standard InChI is InChI=1S/C17H12Cl3N3O2/c1-9-12(19)3-2-4-14(9)23-15(24)7-25-17-11-5-10(18)6-13(20)16(11)21-8-22-17/h2-6,8H,7H2,1H3,(H,23,24). The van der Waals surface area contributed by atoms with Crippen LogP contribution in [0.4, 0.5) is 5.69 Å². The van der Waals surface area contributed by atoms with Gasteiger partial charge < -0.3 is 10.1 Å². The van der Waals surface area contributed by atoms with Gasteiger partial charge in [0, 0.05) is 15.7 Å². The molecule has 1 aromatic heterocycles. The van der Waals surface area contributed by atoms with Crippen LogP contribution in [-0.2, 0) is 4.79 Å². The Labute approximate surface area is 158 Å². The summed E-state index contributed by atoms with van der Waals surface area (Å²) in [6.07, 6.45) is 1.32. The number of nitrogens with zero attached hydrogens (tertiary/aromatic N) is 2. The number of carbonyl (C=O) groups excluding carboxylic acids is 1. The molecule has 0 radical (unpaired) electrons. The van der Waals surface area contributed by atoms with E-state index in [2.05, 4.69) is 15.3 Å². The lowest BCUT2D eigenvalue weighted by Gasteiger charge is -2.11. The van der Waals surface area contributed by atoms with Crippen molar-refractivity contribution in [2.24, 2.45) is 0 Å². The van der Waals surface area contributed by atoms with Crippen LogP contribution in [0.5, 0.6) is 5.88 Å². The van der Waals surface area contributed by atoms with Gasteiger partial charge in [0.2, 0.25) is 5.88 Å². The van der Waals surface area contributed by atoms with Gasteiger partial charge in [0.25, 0.3) is 5.91 Å². The summed E-state index contributed by atoms with van der Waals surface area (Å²) < 4.78 is 5.52. The van der Waals surface area contributed by atoms with Gasteiger partial charge in [0.05, 0.1) is 15.9 Å². The molecule has 1 amide bonds. The van der Waals surface area contributed by atoms with Gasteiger partial charge in [-0.3, -0.25) is 4.79 Å². The van der Waals surface area contributed by atoms with E-state index in [0.29, 0.717) is 31.7 Å². The van der Waals surface area contributed by atoms with E-state index in [4.69, 9.17) is 39.5 Å². The summed E-state index contributed by atoms with van der Waals surface area (Å²) in [5, 5.41) is 4.67. The molecule has 1 heterocycles. The van der Waals surface area contributed by atoms with Crippen molar-refractivity contribution >= 4 is 57.3 Å². The molecule has 3 aromatic rings. The molecule has 8 heteroatoms. The fourth-order valence-electron chi connectivity index (χ4n) is 2.25. The van der Waals surface area contributed by atoms with Crippen molar-refractivity contribution in [3.63, 3.8) is 0 Å². The van der Waals surface area contributed by atoms with Crippen LogP contribution in [0.2, 0.25) is 15.1 Å². The maximum Gasteiger partial charge on any atom is 0.262 e. The van der Waals surface area contributed by atoms with E-state index >= 15 is 0 Å². The maximum absolute atomic E-state index is 12.1. The number of carbonyl (C=O) groups is 1. The van der Waals surface area contributed by atoms with E-state index < -0.39 is 0 Å². The van der Waals surface area contributed by atoms with Crippen molar-refractivity contribution < 1.29 is 9.53 Å². The first-order chi connectivity index (χ1) is 12.0. The Bertz CT molecular complexity index is 963. The number of fused-ring (bicyclic) bond motifs is 1. The van der Waals surface area contributed by atoms with Gasteiger partial charge in [-0.05, 0) is 36.8 Å². The zero-order valence-electron chi connectivity index (χ0n) is 13.0. The van der Waals surface area contributed by atoms with Crippen molar-refractivity contribution in [2.45, 2.75) is 6.92 Å². The lowest BCUT2D eigenvalue weighted by molar-refractivity contribution is -0.118. The Hall–Kier alpha value is -2.08. The Morgan fingerprint density at radius 2 is 1.96 bits per heavy atom. The van der Waals surface area contributed by atoms with Crippen LogP contribution in [0.1, 0.15) is 5.56 Å². The number of anilines is 1. The Morgan fingerprint density at radius 1 is 1.16 bits per heavy atom. The molecule has 25 heavy (non-hydrogen) atoms. The molecule has 3 rings (SSSR count). The summed E-state index contributed by atoms with van der Waals surface area (Å²) >= 11 is 18.2. The Balaban J connectivity index is 1.76. The van der Waals surface area contributed by atoms with Gasteiger partial charge in [0.15, 0.2) is 6.61 Å². The van der Waals surface area contributed by atoms with Crippen molar-refractivity contribution in [1.29, 1.82) is 0 Å². The molecule has 0 saturated heterocycles. The molecule has 1 N–H and O–H groups in total. The molecule has 0 unspecified atom stereocenters. The number of hydrogen-bond acceptors (Lipinski definition) is 4. The number of aromatic nitrogens is 2. The SMILES string of the molecule is Cc1c(Cl)cccc1NC(=O)COc1ncnc2c(Cl)cc(Cl)cc12. The molecule has 5 nitrogen and oxygen atoms in total. The Kier molecular flexibility index (Phi) is 5.27. The molecular formula is C17H12Cl3N3O2. The molecule has 0 atom stereocenters. The number of nitrogens with one attached hydrogen (secondary N) is 1. The summed E-state index contributed by atoms with van der Waals surface area (Å²) in [5.41, 5.74) is 1.91. The van der Waals surface area contributed by atoms with Gasteiger partial charge >= 0.3 is 0 Å². The maximum atomic E-state index is 12.1. The highest BCUT2D eigenvalue weighted by atomic mass is 35.5. The van der Waals surface area contributed by atoms with E-state index in [1.54, 1.807) is 30.3 Å². The lowest BCUT2D eigenvalue weighted by Crippen LogP contribution is -2.21. The fourth-order valence-corrected chi connectivity index (χ4v) is 2.96. The summed E-state index contributed by atoms with van der Waals surface area (Å²) in [7, 11) is 0. The number of amides is 1. The highest BCUT2D eigenvalue weighted by molar-refractivity contribution is 6.38. The number of ether oxygens (including phenoxy) is 1. The van der Waals surface area contributed by atoms with Gasteiger partial charge in [-0.15, -0.1) is 0 Å². The van der Waals surface area contributed by atoms with Crippen LogP contribution in [0.25, 0.3) is 10.9 Å². The summed E-state index contributed by atoms with van der Waals surface area (Å²) in [6, 6.07) is 8.49. The predicted octanol–water partition coefficient (Wildman–Crippen LogP) is 4.92. The van der Waals surface area contributed by atoms with Crippen LogP contribution >= 0.6 is 34.8 Å². The van der Waals surface area contributed by atoms with Crippen LogP contribution in [0.3, 0.4) is 0 Å². The first-order valence-electron chi connectivity index (χ1n) is 7.23. The summed E-state index contributed by atoms with van der Waals surface area (Å²) in [6.45, 7) is 1.59. The molecule has 0 aliphatic heterocycles. The molecular weight excluding hydrogens is 385 g/mol. The first-order valence-corrected chi connectivity index (χ1v) is 8.36. The van der Waals surface area contributed by atoms with E-state index in [1.807, 2.05) is 6.92 Å². The second kappa shape index (κ2) is 7.44. The van der Waals surface area contributed by atoms with E-state index in [0.717, 1.165) is 5.56 Å². The third-order valence-corrected chi connectivity index (χ3v) is 4.42.